The zero-order valence-electron chi connectivity index (χ0n) is 6.69. The molecule has 0 rings (SSSR count). The molecule has 0 bridgehead atoms. The van der Waals surface area contributed by atoms with E-state index < -0.39 is 0 Å². The minimum Gasteiger partial charge on any atom is -1.00 e. The van der Waals surface area contributed by atoms with E-state index in [0.717, 1.165) is 0 Å². The number of hydrogen-bond acceptors (Lipinski definition) is 2. The number of nitrogens with two attached hydrogens (primary N) is 1. The minimum atomic E-state index is 0. The van der Waals surface area contributed by atoms with Gasteiger partial charge in [-0.1, -0.05) is 0 Å². The molecule has 0 spiro atoms. The van der Waals surface area contributed by atoms with E-state index >= 15 is 0 Å². The predicted octanol–water partition coefficient (Wildman–Crippen LogP) is -5.87. The summed E-state index contributed by atoms with van der Waals surface area (Å²) in [5, 5.41) is 0. The maximum Gasteiger partial charge on any atom is 1.00 e. The van der Waals surface area contributed by atoms with E-state index in [4.69, 9.17) is 0 Å². The van der Waals surface area contributed by atoms with Crippen molar-refractivity contribution in [2.24, 2.45) is 5.90 Å². The van der Waals surface area contributed by atoms with Crippen molar-refractivity contribution >= 4 is 0 Å². The molecule has 0 unspecified atom stereocenters. The topological polar surface area (TPSA) is 35.2 Å². The molecule has 0 saturated carbocycles. The SMILES string of the molecule is CCON.[H-].[H-].[Na+].[Na+]. The Bertz CT molecular complexity index is 20.0. The van der Waals surface area contributed by atoms with E-state index in [1.165, 1.54) is 0 Å². The van der Waals surface area contributed by atoms with Crippen LogP contribution in [0.2, 0.25) is 0 Å². The summed E-state index contributed by atoms with van der Waals surface area (Å²) in [6, 6.07) is 0. The van der Waals surface area contributed by atoms with Crippen LogP contribution in [-0.4, -0.2) is 6.61 Å². The van der Waals surface area contributed by atoms with Crippen LogP contribution in [0.5, 0.6) is 0 Å². The van der Waals surface area contributed by atoms with Gasteiger partial charge in [-0.15, -0.1) is 0 Å². The van der Waals surface area contributed by atoms with Crippen molar-refractivity contribution in [1.82, 2.24) is 0 Å². The molecule has 30 valence electrons. The van der Waals surface area contributed by atoms with Gasteiger partial charge >= 0.3 is 59.1 Å². The Balaban J connectivity index is -0.00000000750. The molecule has 4 heteroatoms. The van der Waals surface area contributed by atoms with Gasteiger partial charge in [-0.25, -0.2) is 5.90 Å². The molecule has 0 aromatic heterocycles. The molecule has 0 heterocycles. The Morgan fingerprint density at radius 2 is 1.83 bits per heavy atom. The van der Waals surface area contributed by atoms with Crippen LogP contribution < -0.4 is 65.0 Å². The fourth-order valence-corrected chi connectivity index (χ4v) is 0. The number of hydrogen-bond donors (Lipinski definition) is 1. The van der Waals surface area contributed by atoms with Gasteiger partial charge in [-0.05, 0) is 6.92 Å². The van der Waals surface area contributed by atoms with Gasteiger partial charge in [0.25, 0.3) is 0 Å². The molecule has 0 aromatic rings. The summed E-state index contributed by atoms with van der Waals surface area (Å²) in [5.41, 5.74) is 0. The molecule has 0 amide bonds. The second kappa shape index (κ2) is 15.8. The van der Waals surface area contributed by atoms with E-state index in [0.29, 0.717) is 6.61 Å². The normalized spacial score (nSPS) is 5.00. The summed E-state index contributed by atoms with van der Waals surface area (Å²) in [6.45, 7) is 2.43. The maximum absolute atomic E-state index is 4.53. The molecule has 2 nitrogen and oxygen atoms in total. The first-order chi connectivity index (χ1) is 1.91. The van der Waals surface area contributed by atoms with E-state index in [1.54, 1.807) is 0 Å². The van der Waals surface area contributed by atoms with Crippen LogP contribution in [-0.2, 0) is 4.84 Å². The standard InChI is InChI=1S/C2H7NO.2Na.2H/c1-2-4-3;;;;/h2-3H2,1H3;;;;/q;2*+1;2*-1. The molecule has 0 aliphatic heterocycles. The largest absolute Gasteiger partial charge is 1.00 e. The molecule has 6 heavy (non-hydrogen) atoms. The molecule has 0 fully saturated rings. The van der Waals surface area contributed by atoms with Crippen molar-refractivity contribution in [2.45, 2.75) is 6.92 Å². The molecule has 0 atom stereocenters. The summed E-state index contributed by atoms with van der Waals surface area (Å²) in [4.78, 5) is 4.04. The van der Waals surface area contributed by atoms with Gasteiger partial charge in [-0.2, -0.15) is 0 Å². The number of rotatable bonds is 1. The van der Waals surface area contributed by atoms with Gasteiger partial charge in [0.2, 0.25) is 0 Å². The Kier molecular flexibility index (Phi) is 41.2. The quantitative estimate of drug-likeness (QED) is 0.269. The maximum atomic E-state index is 4.53. The Morgan fingerprint density at radius 3 is 1.83 bits per heavy atom. The van der Waals surface area contributed by atoms with Crippen molar-refractivity contribution < 1.29 is 66.8 Å². The summed E-state index contributed by atoms with van der Waals surface area (Å²) >= 11 is 0. The Labute approximate surface area is 85.3 Å². The van der Waals surface area contributed by atoms with Gasteiger partial charge in [-0.3, -0.25) is 0 Å². The first-order valence-electron chi connectivity index (χ1n) is 1.23. The molecular weight excluding hydrogens is 100 g/mol. The van der Waals surface area contributed by atoms with Crippen molar-refractivity contribution in [3.8, 4) is 0 Å². The third-order valence-corrected chi connectivity index (χ3v) is 0.167. The first kappa shape index (κ1) is 15.7. The van der Waals surface area contributed by atoms with Crippen LogP contribution in [0.15, 0.2) is 0 Å². The third kappa shape index (κ3) is 16.8. The fourth-order valence-electron chi connectivity index (χ4n) is 0. The third-order valence-electron chi connectivity index (χ3n) is 0.167. The van der Waals surface area contributed by atoms with Crippen LogP contribution >= 0.6 is 0 Å². The Hall–Kier alpha value is 1.92. The zero-order chi connectivity index (χ0) is 3.41. The molecule has 2 N–H and O–H groups in total. The average Bonchev–Trinajstić information content (AvgIpc) is 1.37. The van der Waals surface area contributed by atoms with Gasteiger partial charge in [0.05, 0.1) is 6.61 Å². The predicted molar refractivity (Wildman–Crippen MR) is 18.0 cm³/mol. The smallest absolute Gasteiger partial charge is 1.00 e. The second-order valence-corrected chi connectivity index (χ2v) is 0.455. The first-order valence-corrected chi connectivity index (χ1v) is 1.23. The van der Waals surface area contributed by atoms with Crippen LogP contribution in [0.4, 0.5) is 0 Å². The molecule has 0 aliphatic rings. The molecular formula is C2H9NNa2O. The second-order valence-electron chi connectivity index (χ2n) is 0.455. The molecule has 0 saturated heterocycles. The van der Waals surface area contributed by atoms with Gasteiger partial charge < -0.3 is 7.69 Å². The van der Waals surface area contributed by atoms with E-state index in [-0.39, 0.29) is 62.0 Å². The van der Waals surface area contributed by atoms with E-state index in [9.17, 15) is 0 Å². The van der Waals surface area contributed by atoms with Gasteiger partial charge in [0, 0.05) is 0 Å². The summed E-state index contributed by atoms with van der Waals surface area (Å²) in [7, 11) is 0. The van der Waals surface area contributed by atoms with E-state index in [2.05, 4.69) is 10.7 Å². The van der Waals surface area contributed by atoms with Crippen molar-refractivity contribution in [3.05, 3.63) is 0 Å². The molecule has 0 aromatic carbocycles. The average molecular weight is 109 g/mol. The minimum absolute atomic E-state index is 0. The van der Waals surface area contributed by atoms with E-state index in [1.807, 2.05) is 6.92 Å². The van der Waals surface area contributed by atoms with Crippen molar-refractivity contribution in [3.63, 3.8) is 0 Å². The summed E-state index contributed by atoms with van der Waals surface area (Å²) in [5.74, 6) is 4.53. The molecule has 0 radical (unpaired) electrons. The Morgan fingerprint density at radius 1 is 1.67 bits per heavy atom. The fraction of sp³-hybridized carbons (Fsp3) is 1.00. The monoisotopic (exact) mass is 109 g/mol. The van der Waals surface area contributed by atoms with Crippen molar-refractivity contribution in [1.29, 1.82) is 0 Å². The van der Waals surface area contributed by atoms with Crippen LogP contribution in [0, 0.1) is 0 Å². The zero-order valence-corrected chi connectivity index (χ0v) is 8.69. The van der Waals surface area contributed by atoms with Crippen LogP contribution in [0.25, 0.3) is 0 Å². The molecule has 0 aliphatic carbocycles. The van der Waals surface area contributed by atoms with Gasteiger partial charge in [0.1, 0.15) is 0 Å². The van der Waals surface area contributed by atoms with Gasteiger partial charge in [0.15, 0.2) is 0 Å². The summed E-state index contributed by atoms with van der Waals surface area (Å²) < 4.78 is 0. The van der Waals surface area contributed by atoms with Crippen LogP contribution in [0.1, 0.15) is 9.78 Å². The summed E-state index contributed by atoms with van der Waals surface area (Å²) in [6.07, 6.45) is 0. The van der Waals surface area contributed by atoms with Crippen LogP contribution in [0.3, 0.4) is 0 Å². The van der Waals surface area contributed by atoms with Crippen molar-refractivity contribution in [2.75, 3.05) is 6.61 Å².